The zero-order valence-electron chi connectivity index (χ0n) is 5.16. The lowest BCUT2D eigenvalue weighted by Gasteiger charge is -1.88. The SMILES string of the molecule is N#N.Nc1ccc(Cl)cc1. The van der Waals surface area contributed by atoms with Crippen molar-refractivity contribution in [2.75, 3.05) is 5.73 Å². The Morgan fingerprint density at radius 1 is 1.10 bits per heavy atom. The highest BCUT2D eigenvalue weighted by molar-refractivity contribution is 6.30. The molecule has 52 valence electrons. The van der Waals surface area contributed by atoms with Crippen molar-refractivity contribution in [1.29, 1.82) is 10.8 Å². The molecule has 0 aliphatic rings. The van der Waals surface area contributed by atoms with Gasteiger partial charge in [-0.05, 0) is 24.3 Å². The van der Waals surface area contributed by atoms with Crippen molar-refractivity contribution < 1.29 is 0 Å². The average molecular weight is 156 g/mol. The van der Waals surface area contributed by atoms with Crippen LogP contribution in [0.25, 0.3) is 0 Å². The average Bonchev–Trinajstić information content (AvgIpc) is 2.00. The van der Waals surface area contributed by atoms with Crippen LogP contribution in [0, 0.1) is 10.8 Å². The summed E-state index contributed by atoms with van der Waals surface area (Å²) in [7, 11) is 0. The number of hydrogen-bond acceptors (Lipinski definition) is 3. The van der Waals surface area contributed by atoms with E-state index in [1.807, 2.05) is 0 Å². The zero-order valence-corrected chi connectivity index (χ0v) is 5.92. The second-order valence-electron chi connectivity index (χ2n) is 1.55. The third-order valence-electron chi connectivity index (χ3n) is 0.870. The van der Waals surface area contributed by atoms with Crippen molar-refractivity contribution >= 4 is 17.3 Å². The van der Waals surface area contributed by atoms with Gasteiger partial charge in [0.15, 0.2) is 0 Å². The third kappa shape index (κ3) is 2.90. The summed E-state index contributed by atoms with van der Waals surface area (Å²) in [6, 6.07) is 7.05. The van der Waals surface area contributed by atoms with Crippen LogP contribution in [0.5, 0.6) is 0 Å². The summed E-state index contributed by atoms with van der Waals surface area (Å²) in [6.45, 7) is 0. The number of nitrogens with two attached hydrogens (primary N) is 1. The zero-order chi connectivity index (χ0) is 7.98. The molecular formula is C6H6ClN3. The number of nitrogen functional groups attached to an aromatic ring is 1. The minimum absolute atomic E-state index is 0.721. The van der Waals surface area contributed by atoms with Gasteiger partial charge in [0.05, 0.1) is 0 Å². The lowest BCUT2D eigenvalue weighted by atomic mass is 10.3. The molecule has 0 aliphatic heterocycles. The van der Waals surface area contributed by atoms with E-state index in [0.717, 1.165) is 10.7 Å². The molecule has 0 spiro atoms. The number of rotatable bonds is 0. The van der Waals surface area contributed by atoms with Gasteiger partial charge < -0.3 is 5.73 Å². The van der Waals surface area contributed by atoms with Crippen LogP contribution >= 0.6 is 11.6 Å². The van der Waals surface area contributed by atoms with E-state index < -0.39 is 0 Å². The molecule has 3 nitrogen and oxygen atoms in total. The molecule has 2 N–H and O–H groups in total. The molecule has 0 unspecified atom stereocenters. The summed E-state index contributed by atoms with van der Waals surface area (Å²) in [4.78, 5) is 0. The number of anilines is 1. The van der Waals surface area contributed by atoms with Gasteiger partial charge in [-0.25, -0.2) is 0 Å². The maximum Gasteiger partial charge on any atom is 0.0407 e. The fourth-order valence-corrected chi connectivity index (χ4v) is 0.589. The van der Waals surface area contributed by atoms with E-state index in [2.05, 4.69) is 0 Å². The fourth-order valence-electron chi connectivity index (χ4n) is 0.463. The molecule has 1 rings (SSSR count). The smallest absolute Gasteiger partial charge is 0.0407 e. The Bertz CT molecular complexity index is 183. The van der Waals surface area contributed by atoms with Gasteiger partial charge in [-0.15, -0.1) is 0 Å². The Hall–Kier alpha value is -1.27. The molecule has 0 heterocycles. The topological polar surface area (TPSA) is 73.6 Å². The Labute approximate surface area is 63.8 Å². The van der Waals surface area contributed by atoms with Crippen molar-refractivity contribution in [3.63, 3.8) is 0 Å². The summed E-state index contributed by atoms with van der Waals surface area (Å²) in [6.07, 6.45) is 0. The van der Waals surface area contributed by atoms with Crippen molar-refractivity contribution in [2.24, 2.45) is 0 Å². The molecule has 10 heavy (non-hydrogen) atoms. The van der Waals surface area contributed by atoms with Crippen LogP contribution in [0.3, 0.4) is 0 Å². The van der Waals surface area contributed by atoms with Crippen LogP contribution in [0.2, 0.25) is 5.02 Å². The van der Waals surface area contributed by atoms with Crippen molar-refractivity contribution in [3.8, 4) is 0 Å². The van der Waals surface area contributed by atoms with E-state index in [1.165, 1.54) is 0 Å². The summed E-state index contributed by atoms with van der Waals surface area (Å²) in [5.41, 5.74) is 6.11. The first-order valence-electron chi connectivity index (χ1n) is 2.50. The lowest BCUT2D eigenvalue weighted by Crippen LogP contribution is -1.80. The summed E-state index contributed by atoms with van der Waals surface area (Å²) >= 11 is 5.56. The maximum absolute atomic E-state index is 6.00. The minimum Gasteiger partial charge on any atom is -0.399 e. The van der Waals surface area contributed by atoms with Gasteiger partial charge in [0, 0.05) is 21.5 Å². The van der Waals surface area contributed by atoms with E-state index in [-0.39, 0.29) is 0 Å². The molecule has 0 bridgehead atoms. The molecule has 0 fully saturated rings. The van der Waals surface area contributed by atoms with E-state index in [0.29, 0.717) is 0 Å². The van der Waals surface area contributed by atoms with Crippen LogP contribution in [0.1, 0.15) is 0 Å². The normalized spacial score (nSPS) is 7.50. The highest BCUT2D eigenvalue weighted by Crippen LogP contribution is 2.09. The van der Waals surface area contributed by atoms with Gasteiger partial charge in [0.2, 0.25) is 0 Å². The summed E-state index contributed by atoms with van der Waals surface area (Å²) < 4.78 is 0. The molecule has 4 heteroatoms. The number of benzene rings is 1. The van der Waals surface area contributed by atoms with Gasteiger partial charge in [-0.1, -0.05) is 11.6 Å². The predicted octanol–water partition coefficient (Wildman–Crippen LogP) is 1.95. The lowest BCUT2D eigenvalue weighted by molar-refractivity contribution is 1.15. The Kier molecular flexibility index (Phi) is 4.01. The van der Waals surface area contributed by atoms with E-state index in [9.17, 15) is 0 Å². The standard InChI is InChI=1S/C6H6ClN.N2/c7-5-1-3-6(8)4-2-5;1-2/h1-4H,8H2;. The van der Waals surface area contributed by atoms with Crippen molar-refractivity contribution in [2.45, 2.75) is 0 Å². The first kappa shape index (κ1) is 8.73. The molecule has 0 amide bonds. The Morgan fingerprint density at radius 2 is 1.50 bits per heavy atom. The van der Waals surface area contributed by atoms with Crippen LogP contribution in [0.4, 0.5) is 5.69 Å². The van der Waals surface area contributed by atoms with Crippen molar-refractivity contribution in [3.05, 3.63) is 29.3 Å². The molecule has 0 saturated heterocycles. The second-order valence-corrected chi connectivity index (χ2v) is 1.99. The monoisotopic (exact) mass is 155 g/mol. The highest BCUT2D eigenvalue weighted by atomic mass is 35.5. The quantitative estimate of drug-likeness (QED) is 0.460. The Morgan fingerprint density at radius 3 is 1.80 bits per heavy atom. The fraction of sp³-hybridized carbons (Fsp3) is 0. The van der Waals surface area contributed by atoms with Gasteiger partial charge >= 0.3 is 0 Å². The van der Waals surface area contributed by atoms with E-state index in [4.69, 9.17) is 28.1 Å². The van der Waals surface area contributed by atoms with Crippen LogP contribution < -0.4 is 5.73 Å². The van der Waals surface area contributed by atoms with Gasteiger partial charge in [0.1, 0.15) is 0 Å². The molecule has 0 aliphatic carbocycles. The molecule has 0 saturated carbocycles. The van der Waals surface area contributed by atoms with E-state index in [1.54, 1.807) is 24.3 Å². The first-order chi connectivity index (χ1) is 4.79. The minimum atomic E-state index is 0.721. The summed E-state index contributed by atoms with van der Waals surface area (Å²) in [5, 5.41) is 12.7. The maximum atomic E-state index is 6.00. The van der Waals surface area contributed by atoms with Gasteiger partial charge in [-0.2, -0.15) is 0 Å². The van der Waals surface area contributed by atoms with Crippen molar-refractivity contribution in [1.82, 2.24) is 0 Å². The molecule has 0 atom stereocenters. The van der Waals surface area contributed by atoms with Crippen LogP contribution in [0.15, 0.2) is 24.3 Å². The molecule has 0 radical (unpaired) electrons. The molecular weight excluding hydrogens is 150 g/mol. The predicted molar refractivity (Wildman–Crippen MR) is 39.3 cm³/mol. The first-order valence-corrected chi connectivity index (χ1v) is 2.88. The number of halogens is 1. The van der Waals surface area contributed by atoms with Gasteiger partial charge in [0.25, 0.3) is 0 Å². The van der Waals surface area contributed by atoms with Gasteiger partial charge in [-0.3, -0.25) is 0 Å². The molecule has 1 aromatic carbocycles. The summed E-state index contributed by atoms with van der Waals surface area (Å²) in [5.74, 6) is 0. The largest absolute Gasteiger partial charge is 0.399 e. The third-order valence-corrected chi connectivity index (χ3v) is 1.12. The van der Waals surface area contributed by atoms with Crippen LogP contribution in [-0.4, -0.2) is 0 Å². The Balaban J connectivity index is 0.000000371. The second kappa shape index (κ2) is 4.59. The number of nitrogens with zero attached hydrogens (tertiary/aromatic N) is 2. The van der Waals surface area contributed by atoms with Crippen LogP contribution in [-0.2, 0) is 0 Å². The number of hydrogen-bond donors (Lipinski definition) is 1. The molecule has 0 aromatic heterocycles. The molecule has 1 aromatic rings. The highest BCUT2D eigenvalue weighted by Gasteiger charge is 1.82. The van der Waals surface area contributed by atoms with E-state index >= 15 is 0 Å².